The molecule has 0 unspecified atom stereocenters. The molecule has 1 aromatic carbocycles. The molecule has 5 nitrogen and oxygen atoms in total. The number of benzene rings is 1. The van der Waals surface area contributed by atoms with Gasteiger partial charge in [0.25, 0.3) is 0 Å². The van der Waals surface area contributed by atoms with Crippen molar-refractivity contribution in [3.63, 3.8) is 0 Å². The van der Waals surface area contributed by atoms with Crippen molar-refractivity contribution in [2.24, 2.45) is 0 Å². The number of nitrogens with zero attached hydrogens (tertiary/aromatic N) is 3. The molecule has 1 N–H and O–H groups in total. The maximum atomic E-state index is 12.9. The van der Waals surface area contributed by atoms with Crippen LogP contribution in [0.15, 0.2) is 42.7 Å². The van der Waals surface area contributed by atoms with E-state index < -0.39 is 0 Å². The Labute approximate surface area is 141 Å². The zero-order valence-electron chi connectivity index (χ0n) is 13.7. The van der Waals surface area contributed by atoms with Crippen molar-refractivity contribution in [3.8, 4) is 0 Å². The molecule has 1 aliphatic rings. The van der Waals surface area contributed by atoms with E-state index >= 15 is 0 Å². The van der Waals surface area contributed by atoms with Crippen molar-refractivity contribution < 1.29 is 9.18 Å². The van der Waals surface area contributed by atoms with Gasteiger partial charge in [0.05, 0.1) is 6.54 Å². The summed E-state index contributed by atoms with van der Waals surface area (Å²) in [6.07, 6.45) is 8.20. The van der Waals surface area contributed by atoms with Gasteiger partial charge in [-0.1, -0.05) is 6.42 Å². The van der Waals surface area contributed by atoms with Gasteiger partial charge in [0.2, 0.25) is 5.91 Å². The van der Waals surface area contributed by atoms with Crippen molar-refractivity contribution in [2.75, 3.05) is 18.4 Å². The molecule has 1 aliphatic heterocycles. The highest BCUT2D eigenvalue weighted by Gasteiger charge is 2.24. The number of aryl methyl sites for hydroxylation is 1. The lowest BCUT2D eigenvalue weighted by molar-refractivity contribution is -0.118. The molecule has 0 saturated carbocycles. The number of anilines is 1. The summed E-state index contributed by atoms with van der Waals surface area (Å²) in [5, 5.41) is 7.08. The summed E-state index contributed by atoms with van der Waals surface area (Å²) in [4.78, 5) is 14.5. The summed E-state index contributed by atoms with van der Waals surface area (Å²) in [6.45, 7) is 2.19. The topological polar surface area (TPSA) is 50.2 Å². The molecule has 128 valence electrons. The number of hydrogen-bond donors (Lipinski definition) is 1. The molecule has 0 aliphatic carbocycles. The molecular weight excluding hydrogens is 307 g/mol. The molecule has 0 radical (unpaired) electrons. The Morgan fingerprint density at radius 3 is 2.88 bits per heavy atom. The smallest absolute Gasteiger partial charge is 0.238 e. The zero-order valence-corrected chi connectivity index (χ0v) is 13.7. The second-order valence-corrected chi connectivity index (χ2v) is 6.23. The summed E-state index contributed by atoms with van der Waals surface area (Å²) in [5.74, 6) is -0.352. The van der Waals surface area contributed by atoms with E-state index in [0.717, 1.165) is 32.4 Å². The Balaban J connectivity index is 1.52. The van der Waals surface area contributed by atoms with E-state index in [1.165, 1.54) is 18.6 Å². The molecule has 1 amide bonds. The Hall–Kier alpha value is -2.21. The quantitative estimate of drug-likeness (QED) is 0.886. The minimum Gasteiger partial charge on any atom is -0.325 e. The van der Waals surface area contributed by atoms with Crippen LogP contribution in [-0.4, -0.2) is 39.7 Å². The molecular formula is C18H23FN4O. The van der Waals surface area contributed by atoms with Crippen LogP contribution in [0.25, 0.3) is 0 Å². The molecule has 2 aromatic rings. The molecule has 6 heteroatoms. The van der Waals surface area contributed by atoms with Crippen molar-refractivity contribution in [3.05, 3.63) is 48.5 Å². The van der Waals surface area contributed by atoms with Gasteiger partial charge in [-0.25, -0.2) is 4.39 Å². The predicted octanol–water partition coefficient (Wildman–Crippen LogP) is 2.91. The number of carbonyl (C=O) groups excluding carboxylic acids is 1. The van der Waals surface area contributed by atoms with Crippen molar-refractivity contribution in [1.82, 2.24) is 14.7 Å². The summed E-state index contributed by atoms with van der Waals surface area (Å²) >= 11 is 0. The first kappa shape index (κ1) is 16.6. The van der Waals surface area contributed by atoms with Gasteiger partial charge in [0.1, 0.15) is 5.82 Å². The number of likely N-dealkylation sites (tertiary alicyclic amines) is 1. The highest BCUT2D eigenvalue weighted by atomic mass is 19.1. The number of rotatable bonds is 6. The Bertz CT molecular complexity index is 642. The van der Waals surface area contributed by atoms with E-state index in [9.17, 15) is 9.18 Å². The average molecular weight is 330 g/mol. The molecule has 0 bridgehead atoms. The van der Waals surface area contributed by atoms with Gasteiger partial charge in [-0.05, 0) is 56.1 Å². The Morgan fingerprint density at radius 1 is 1.29 bits per heavy atom. The number of piperidine rings is 1. The third-order valence-corrected chi connectivity index (χ3v) is 4.47. The van der Waals surface area contributed by atoms with Crippen LogP contribution in [-0.2, 0) is 11.3 Å². The molecule has 2 heterocycles. The van der Waals surface area contributed by atoms with Crippen molar-refractivity contribution in [2.45, 2.75) is 38.3 Å². The summed E-state index contributed by atoms with van der Waals surface area (Å²) in [6, 6.07) is 8.20. The number of amides is 1. The lowest BCUT2D eigenvalue weighted by atomic mass is 9.99. The van der Waals surface area contributed by atoms with Gasteiger partial charge >= 0.3 is 0 Å². The number of carbonyl (C=O) groups is 1. The number of halogens is 1. The Kier molecular flexibility index (Phi) is 5.59. The second-order valence-electron chi connectivity index (χ2n) is 6.23. The van der Waals surface area contributed by atoms with Crippen LogP contribution in [0.4, 0.5) is 10.1 Å². The first-order chi connectivity index (χ1) is 11.7. The van der Waals surface area contributed by atoms with E-state index in [1.807, 2.05) is 16.9 Å². The largest absolute Gasteiger partial charge is 0.325 e. The van der Waals surface area contributed by atoms with Gasteiger partial charge in [-0.3, -0.25) is 14.4 Å². The first-order valence-electron chi connectivity index (χ1n) is 8.47. The first-order valence-corrected chi connectivity index (χ1v) is 8.47. The molecule has 1 fully saturated rings. The standard InChI is InChI=1S/C18H23FN4O/c19-15-5-7-16(8-6-15)21-18(24)14-22-11-2-1-4-17(22)9-13-23-12-3-10-20-23/h3,5-8,10,12,17H,1-2,4,9,11,13-14H2,(H,21,24)/t17-/m0/s1. The van der Waals surface area contributed by atoms with Crippen LogP contribution in [0.3, 0.4) is 0 Å². The monoisotopic (exact) mass is 330 g/mol. The van der Waals surface area contributed by atoms with E-state index in [-0.39, 0.29) is 11.7 Å². The lowest BCUT2D eigenvalue weighted by Crippen LogP contribution is -2.44. The molecule has 3 rings (SSSR count). The van der Waals surface area contributed by atoms with E-state index in [0.29, 0.717) is 18.3 Å². The SMILES string of the molecule is O=C(CN1CCCC[C@H]1CCn1cccn1)Nc1ccc(F)cc1. The normalized spacial score (nSPS) is 18.5. The number of hydrogen-bond acceptors (Lipinski definition) is 3. The minimum absolute atomic E-state index is 0.0485. The third kappa shape index (κ3) is 4.64. The van der Waals surface area contributed by atoms with E-state index in [4.69, 9.17) is 0 Å². The fourth-order valence-corrected chi connectivity index (χ4v) is 3.23. The van der Waals surface area contributed by atoms with Gasteiger partial charge in [0.15, 0.2) is 0 Å². The highest BCUT2D eigenvalue weighted by molar-refractivity contribution is 5.92. The fraction of sp³-hybridized carbons (Fsp3) is 0.444. The third-order valence-electron chi connectivity index (χ3n) is 4.47. The van der Waals surface area contributed by atoms with Crippen LogP contribution in [0, 0.1) is 5.82 Å². The van der Waals surface area contributed by atoms with Crippen LogP contribution < -0.4 is 5.32 Å². The van der Waals surface area contributed by atoms with Crippen LogP contribution in [0.1, 0.15) is 25.7 Å². The van der Waals surface area contributed by atoms with Crippen LogP contribution in [0.2, 0.25) is 0 Å². The molecule has 24 heavy (non-hydrogen) atoms. The van der Waals surface area contributed by atoms with E-state index in [2.05, 4.69) is 15.3 Å². The highest BCUT2D eigenvalue weighted by Crippen LogP contribution is 2.20. The van der Waals surface area contributed by atoms with Gasteiger partial charge in [-0.2, -0.15) is 5.10 Å². The van der Waals surface area contributed by atoms with E-state index in [1.54, 1.807) is 18.3 Å². The Morgan fingerprint density at radius 2 is 2.12 bits per heavy atom. The molecule has 1 aromatic heterocycles. The minimum atomic E-state index is -0.303. The summed E-state index contributed by atoms with van der Waals surface area (Å²) < 4.78 is 14.9. The van der Waals surface area contributed by atoms with Crippen molar-refractivity contribution >= 4 is 11.6 Å². The zero-order chi connectivity index (χ0) is 16.8. The number of nitrogens with one attached hydrogen (secondary N) is 1. The lowest BCUT2D eigenvalue weighted by Gasteiger charge is -2.35. The summed E-state index contributed by atoms with van der Waals surface area (Å²) in [7, 11) is 0. The maximum Gasteiger partial charge on any atom is 0.238 e. The van der Waals surface area contributed by atoms with Crippen molar-refractivity contribution in [1.29, 1.82) is 0 Å². The second kappa shape index (κ2) is 8.06. The average Bonchev–Trinajstić information content (AvgIpc) is 3.10. The van der Waals surface area contributed by atoms with Crippen LogP contribution >= 0.6 is 0 Å². The molecule has 1 saturated heterocycles. The summed E-state index contributed by atoms with van der Waals surface area (Å²) in [5.41, 5.74) is 0.631. The molecule has 0 spiro atoms. The fourth-order valence-electron chi connectivity index (χ4n) is 3.23. The number of aromatic nitrogens is 2. The van der Waals surface area contributed by atoms with Gasteiger partial charge < -0.3 is 5.32 Å². The molecule has 1 atom stereocenters. The maximum absolute atomic E-state index is 12.9. The van der Waals surface area contributed by atoms with Gasteiger partial charge in [0, 0.05) is 30.7 Å². The van der Waals surface area contributed by atoms with Crippen LogP contribution in [0.5, 0.6) is 0 Å². The van der Waals surface area contributed by atoms with Gasteiger partial charge in [-0.15, -0.1) is 0 Å². The predicted molar refractivity (Wildman–Crippen MR) is 91.1 cm³/mol.